The lowest BCUT2D eigenvalue weighted by Gasteiger charge is -2.28. The van der Waals surface area contributed by atoms with Crippen LogP contribution in [-0.4, -0.2) is 36.1 Å². The lowest BCUT2D eigenvalue weighted by Crippen LogP contribution is -2.30. The summed E-state index contributed by atoms with van der Waals surface area (Å²) in [5, 5.41) is 2.77. The van der Waals surface area contributed by atoms with E-state index in [1.807, 2.05) is 24.3 Å². The summed E-state index contributed by atoms with van der Waals surface area (Å²) in [5.74, 6) is -0.992. The lowest BCUT2D eigenvalue weighted by atomic mass is 10.1. The van der Waals surface area contributed by atoms with Crippen LogP contribution in [0.1, 0.15) is 36.7 Å². The van der Waals surface area contributed by atoms with E-state index in [4.69, 9.17) is 4.74 Å². The third kappa shape index (κ3) is 4.59. The van der Waals surface area contributed by atoms with Crippen LogP contribution in [-0.2, 0) is 9.53 Å². The summed E-state index contributed by atoms with van der Waals surface area (Å²) in [4.78, 5) is 30.5. The van der Waals surface area contributed by atoms with Crippen molar-refractivity contribution in [1.29, 1.82) is 0 Å². The zero-order chi connectivity index (χ0) is 18.4. The predicted molar refractivity (Wildman–Crippen MR) is 100 cm³/mol. The Balaban J connectivity index is 1.54. The van der Waals surface area contributed by atoms with Gasteiger partial charge in [-0.05, 0) is 62.6 Å². The Morgan fingerprint density at radius 2 is 1.81 bits per heavy atom. The molecule has 26 heavy (non-hydrogen) atoms. The molecule has 6 nitrogen and oxygen atoms in total. The van der Waals surface area contributed by atoms with Crippen LogP contribution in [0.15, 0.2) is 48.7 Å². The van der Waals surface area contributed by atoms with Gasteiger partial charge in [0, 0.05) is 30.7 Å². The van der Waals surface area contributed by atoms with Crippen LogP contribution in [0.2, 0.25) is 0 Å². The van der Waals surface area contributed by atoms with Crippen LogP contribution in [0.4, 0.5) is 11.4 Å². The van der Waals surface area contributed by atoms with Crippen molar-refractivity contribution in [2.24, 2.45) is 0 Å². The quantitative estimate of drug-likeness (QED) is 0.836. The average Bonchev–Trinajstić information content (AvgIpc) is 2.70. The van der Waals surface area contributed by atoms with Gasteiger partial charge in [0.25, 0.3) is 5.91 Å². The molecule has 0 bridgehead atoms. The van der Waals surface area contributed by atoms with Crippen LogP contribution in [0.3, 0.4) is 0 Å². The highest BCUT2D eigenvalue weighted by Gasteiger charge is 2.20. The minimum absolute atomic E-state index is 0.179. The largest absolute Gasteiger partial charge is 0.448 e. The van der Waals surface area contributed by atoms with Gasteiger partial charge in [0.05, 0.1) is 0 Å². The molecule has 3 rings (SSSR count). The first-order valence-electron chi connectivity index (χ1n) is 8.91. The molecule has 136 valence electrons. The number of rotatable bonds is 5. The molecule has 1 aromatic carbocycles. The zero-order valence-corrected chi connectivity index (χ0v) is 14.9. The number of nitrogens with zero attached hydrogens (tertiary/aromatic N) is 2. The molecule has 6 heteroatoms. The van der Waals surface area contributed by atoms with Crippen molar-refractivity contribution in [2.75, 3.05) is 23.3 Å². The fourth-order valence-corrected chi connectivity index (χ4v) is 2.91. The predicted octanol–water partition coefficient (Wildman–Crippen LogP) is 3.26. The summed E-state index contributed by atoms with van der Waals surface area (Å²) >= 11 is 0. The van der Waals surface area contributed by atoms with Crippen LogP contribution < -0.4 is 10.2 Å². The highest BCUT2D eigenvalue weighted by Crippen LogP contribution is 2.22. The standard InChI is InChI=1S/C20H23N3O3/c1-15(26-20(25)18-7-3-4-12-21-18)19(24)22-16-8-10-17(11-9-16)23-13-5-2-6-14-23/h3-4,7-12,15H,2,5-6,13-14H2,1H3,(H,22,24). The van der Waals surface area contributed by atoms with Crippen molar-refractivity contribution >= 4 is 23.3 Å². The fraction of sp³-hybridized carbons (Fsp3) is 0.350. The molecular formula is C20H23N3O3. The van der Waals surface area contributed by atoms with E-state index < -0.39 is 12.1 Å². The summed E-state index contributed by atoms with van der Waals surface area (Å²) < 4.78 is 5.17. The number of benzene rings is 1. The number of hydrogen-bond acceptors (Lipinski definition) is 5. The lowest BCUT2D eigenvalue weighted by molar-refractivity contribution is -0.123. The molecule has 1 atom stereocenters. The Kier molecular flexibility index (Phi) is 5.84. The monoisotopic (exact) mass is 353 g/mol. The van der Waals surface area contributed by atoms with Crippen LogP contribution in [0.25, 0.3) is 0 Å². The number of nitrogens with one attached hydrogen (secondary N) is 1. The molecule has 2 heterocycles. The molecule has 1 aliphatic heterocycles. The first-order valence-corrected chi connectivity index (χ1v) is 8.91. The van der Waals surface area contributed by atoms with Gasteiger partial charge >= 0.3 is 5.97 Å². The Morgan fingerprint density at radius 3 is 2.46 bits per heavy atom. The number of ether oxygens (including phenoxy) is 1. The Bertz CT molecular complexity index is 741. The smallest absolute Gasteiger partial charge is 0.357 e. The van der Waals surface area contributed by atoms with E-state index in [0.29, 0.717) is 5.69 Å². The van der Waals surface area contributed by atoms with Crippen molar-refractivity contribution in [3.05, 3.63) is 54.4 Å². The van der Waals surface area contributed by atoms with Crippen molar-refractivity contribution in [3.63, 3.8) is 0 Å². The molecule has 0 spiro atoms. The van der Waals surface area contributed by atoms with E-state index in [1.165, 1.54) is 32.4 Å². The van der Waals surface area contributed by atoms with E-state index in [-0.39, 0.29) is 11.6 Å². The molecule has 1 saturated heterocycles. The average molecular weight is 353 g/mol. The zero-order valence-electron chi connectivity index (χ0n) is 14.9. The van der Waals surface area contributed by atoms with E-state index in [2.05, 4.69) is 15.2 Å². The number of amides is 1. The molecule has 1 amide bonds. The maximum atomic E-state index is 12.2. The van der Waals surface area contributed by atoms with E-state index in [0.717, 1.165) is 18.8 Å². The van der Waals surface area contributed by atoms with Gasteiger partial charge in [0.1, 0.15) is 5.69 Å². The van der Waals surface area contributed by atoms with Gasteiger partial charge in [0.2, 0.25) is 0 Å². The third-order valence-corrected chi connectivity index (χ3v) is 4.38. The normalized spacial score (nSPS) is 15.2. The minimum Gasteiger partial charge on any atom is -0.448 e. The molecule has 1 aromatic heterocycles. The topological polar surface area (TPSA) is 71.5 Å². The Labute approximate surface area is 153 Å². The van der Waals surface area contributed by atoms with E-state index in [9.17, 15) is 9.59 Å². The number of carbonyl (C=O) groups excluding carboxylic acids is 2. The second-order valence-electron chi connectivity index (χ2n) is 6.35. The van der Waals surface area contributed by atoms with Crippen LogP contribution in [0, 0.1) is 0 Å². The number of pyridine rings is 1. The van der Waals surface area contributed by atoms with E-state index >= 15 is 0 Å². The highest BCUT2D eigenvalue weighted by molar-refractivity contribution is 5.96. The van der Waals surface area contributed by atoms with Gasteiger partial charge in [-0.15, -0.1) is 0 Å². The number of anilines is 2. The molecule has 0 saturated carbocycles. The van der Waals surface area contributed by atoms with Gasteiger partial charge in [-0.25, -0.2) is 9.78 Å². The number of aromatic nitrogens is 1. The second-order valence-corrected chi connectivity index (χ2v) is 6.35. The van der Waals surface area contributed by atoms with Gasteiger partial charge in [-0.1, -0.05) is 6.07 Å². The first-order chi connectivity index (χ1) is 12.6. The maximum absolute atomic E-state index is 12.2. The van der Waals surface area contributed by atoms with Gasteiger partial charge in [-0.3, -0.25) is 4.79 Å². The van der Waals surface area contributed by atoms with Gasteiger partial charge < -0.3 is 15.0 Å². The SMILES string of the molecule is CC(OC(=O)c1ccccn1)C(=O)Nc1ccc(N2CCCCC2)cc1. The molecule has 2 aromatic rings. The molecule has 1 unspecified atom stereocenters. The Morgan fingerprint density at radius 1 is 1.08 bits per heavy atom. The number of esters is 1. The molecule has 1 N–H and O–H groups in total. The summed E-state index contributed by atoms with van der Waals surface area (Å²) in [6.45, 7) is 3.69. The molecule has 1 aliphatic rings. The second kappa shape index (κ2) is 8.47. The fourth-order valence-electron chi connectivity index (χ4n) is 2.91. The van der Waals surface area contributed by atoms with E-state index in [1.54, 1.807) is 18.2 Å². The molecule has 0 radical (unpaired) electrons. The van der Waals surface area contributed by atoms with Crippen LogP contribution >= 0.6 is 0 Å². The summed E-state index contributed by atoms with van der Waals surface area (Å²) in [7, 11) is 0. The molecule has 0 aliphatic carbocycles. The van der Waals surface area contributed by atoms with Gasteiger partial charge in [-0.2, -0.15) is 0 Å². The summed E-state index contributed by atoms with van der Waals surface area (Å²) in [5.41, 5.74) is 2.02. The van der Waals surface area contributed by atoms with Crippen molar-refractivity contribution in [3.8, 4) is 0 Å². The Hall–Kier alpha value is -2.89. The van der Waals surface area contributed by atoms with Crippen LogP contribution in [0.5, 0.6) is 0 Å². The van der Waals surface area contributed by atoms with Crippen molar-refractivity contribution in [1.82, 2.24) is 4.98 Å². The minimum atomic E-state index is -0.911. The van der Waals surface area contributed by atoms with Crippen molar-refractivity contribution < 1.29 is 14.3 Å². The number of carbonyl (C=O) groups is 2. The maximum Gasteiger partial charge on any atom is 0.357 e. The summed E-state index contributed by atoms with van der Waals surface area (Å²) in [6.07, 6.45) is 4.33. The first kappa shape index (κ1) is 17.9. The molecule has 1 fully saturated rings. The third-order valence-electron chi connectivity index (χ3n) is 4.38. The van der Waals surface area contributed by atoms with Gasteiger partial charge in [0.15, 0.2) is 6.10 Å². The van der Waals surface area contributed by atoms with Crippen molar-refractivity contribution in [2.45, 2.75) is 32.3 Å². The molecular weight excluding hydrogens is 330 g/mol. The number of hydrogen-bond donors (Lipinski definition) is 1. The highest BCUT2D eigenvalue weighted by atomic mass is 16.5. The summed E-state index contributed by atoms with van der Waals surface area (Å²) in [6, 6.07) is 12.7. The number of piperidine rings is 1.